The van der Waals surface area contributed by atoms with E-state index in [0.717, 1.165) is 47.0 Å². The van der Waals surface area contributed by atoms with E-state index in [1.807, 2.05) is 19.1 Å². The fraction of sp³-hybridized carbons (Fsp3) is 0.538. The highest BCUT2D eigenvalue weighted by Crippen LogP contribution is 2.33. The smallest absolute Gasteiger partial charge is 0.339 e. The summed E-state index contributed by atoms with van der Waals surface area (Å²) in [5.41, 5.74) is 2.08. The number of imidazole rings is 1. The van der Waals surface area contributed by atoms with Gasteiger partial charge in [-0.25, -0.2) is 14.8 Å². The number of benzene rings is 1. The van der Waals surface area contributed by atoms with Crippen LogP contribution in [0, 0.1) is 5.92 Å². The Morgan fingerprint density at radius 2 is 2.08 bits per heavy atom. The Labute approximate surface area is 226 Å². The first kappa shape index (κ1) is 27.3. The first-order valence-corrected chi connectivity index (χ1v) is 14.1. The Morgan fingerprint density at radius 3 is 2.78 bits per heavy atom. The number of carbonyl (C=O) groups excluding carboxylic acids is 2. The first-order chi connectivity index (χ1) is 17.8. The molecule has 0 unspecified atom stereocenters. The van der Waals surface area contributed by atoms with Crippen LogP contribution in [-0.2, 0) is 11.2 Å². The third-order valence-corrected chi connectivity index (χ3v) is 8.00. The summed E-state index contributed by atoms with van der Waals surface area (Å²) in [4.78, 5) is 39.7. The van der Waals surface area contributed by atoms with Crippen LogP contribution < -0.4 is 15.5 Å². The zero-order valence-electron chi connectivity index (χ0n) is 21.8. The van der Waals surface area contributed by atoms with E-state index >= 15 is 0 Å². The van der Waals surface area contributed by atoms with Crippen molar-refractivity contribution in [3.8, 4) is 0 Å². The maximum Gasteiger partial charge on any atom is 0.339 e. The zero-order valence-corrected chi connectivity index (χ0v) is 23.3. The van der Waals surface area contributed by atoms with Crippen LogP contribution in [0.4, 0.5) is 5.13 Å². The Balaban J connectivity index is 1.52. The maximum atomic E-state index is 13.0. The van der Waals surface area contributed by atoms with Crippen molar-refractivity contribution in [1.29, 1.82) is 0 Å². The largest absolute Gasteiger partial charge is 0.462 e. The van der Waals surface area contributed by atoms with Crippen molar-refractivity contribution in [3.63, 3.8) is 0 Å². The maximum absolute atomic E-state index is 13.0. The highest BCUT2D eigenvalue weighted by molar-refractivity contribution is 7.22. The first-order valence-electron chi connectivity index (χ1n) is 12.9. The van der Waals surface area contributed by atoms with Crippen molar-refractivity contribution < 1.29 is 14.3 Å². The van der Waals surface area contributed by atoms with Crippen molar-refractivity contribution in [2.45, 2.75) is 59.0 Å². The molecule has 200 valence electrons. The number of aryl methyl sites for hydroxylation is 1. The van der Waals surface area contributed by atoms with E-state index in [4.69, 9.17) is 21.3 Å². The van der Waals surface area contributed by atoms with Crippen LogP contribution in [0.15, 0.2) is 18.2 Å². The second-order valence-corrected chi connectivity index (χ2v) is 11.0. The van der Waals surface area contributed by atoms with Crippen LogP contribution in [0.25, 0.3) is 10.2 Å². The summed E-state index contributed by atoms with van der Waals surface area (Å²) in [5.74, 6) is 0.225. The number of aromatic amines is 1. The predicted octanol–water partition coefficient (Wildman–Crippen LogP) is 4.42. The SMILES string of the molecule is CCOC(=O)c1cccc2nc(N3CC[C@@H](NC(=O)c4nc(Cl)c(CC)[nH]4)[C@@H](NCCC(C)C)C3)sc12. The lowest BCUT2D eigenvalue weighted by molar-refractivity contribution is 0.0528. The predicted molar refractivity (Wildman–Crippen MR) is 148 cm³/mol. The summed E-state index contributed by atoms with van der Waals surface area (Å²) < 4.78 is 6.07. The molecule has 1 aliphatic rings. The lowest BCUT2D eigenvalue weighted by Crippen LogP contribution is -2.60. The monoisotopic (exact) mass is 546 g/mol. The zero-order chi connectivity index (χ0) is 26.5. The van der Waals surface area contributed by atoms with E-state index in [1.165, 1.54) is 11.3 Å². The van der Waals surface area contributed by atoms with Gasteiger partial charge in [-0.05, 0) is 50.8 Å². The quantitative estimate of drug-likeness (QED) is 0.322. The molecule has 0 radical (unpaired) electrons. The molecule has 3 heterocycles. The molecule has 2 aromatic heterocycles. The van der Waals surface area contributed by atoms with Gasteiger partial charge in [0.25, 0.3) is 5.91 Å². The molecule has 0 spiro atoms. The third kappa shape index (κ3) is 6.42. The van der Waals surface area contributed by atoms with Gasteiger partial charge in [-0.3, -0.25) is 4.79 Å². The van der Waals surface area contributed by atoms with Gasteiger partial charge < -0.3 is 25.3 Å². The van der Waals surface area contributed by atoms with Crippen molar-refractivity contribution in [1.82, 2.24) is 25.6 Å². The number of anilines is 1. The van der Waals surface area contributed by atoms with Gasteiger partial charge in [0, 0.05) is 25.2 Å². The van der Waals surface area contributed by atoms with Gasteiger partial charge >= 0.3 is 5.97 Å². The number of hydrogen-bond acceptors (Lipinski definition) is 8. The Kier molecular flexibility index (Phi) is 9.04. The highest BCUT2D eigenvalue weighted by atomic mass is 35.5. The minimum absolute atomic E-state index is 0.0177. The van der Waals surface area contributed by atoms with E-state index in [9.17, 15) is 9.59 Å². The second-order valence-electron chi connectivity index (χ2n) is 9.64. The number of thiazole rings is 1. The van der Waals surface area contributed by atoms with Gasteiger partial charge in [-0.1, -0.05) is 49.8 Å². The van der Waals surface area contributed by atoms with E-state index in [0.29, 0.717) is 36.2 Å². The molecule has 9 nitrogen and oxygen atoms in total. The van der Waals surface area contributed by atoms with Crippen LogP contribution in [0.1, 0.15) is 67.2 Å². The lowest BCUT2D eigenvalue weighted by atomic mass is 9.98. The van der Waals surface area contributed by atoms with Gasteiger partial charge in [0.1, 0.15) is 0 Å². The van der Waals surface area contributed by atoms with Crippen molar-refractivity contribution >= 4 is 50.2 Å². The lowest BCUT2D eigenvalue weighted by Gasteiger charge is -2.39. The van der Waals surface area contributed by atoms with Gasteiger partial charge in [-0.2, -0.15) is 0 Å². The molecular weight excluding hydrogens is 512 g/mol. The molecule has 0 saturated carbocycles. The normalized spacial score (nSPS) is 17.9. The minimum Gasteiger partial charge on any atom is -0.462 e. The van der Waals surface area contributed by atoms with Gasteiger partial charge in [0.2, 0.25) is 0 Å². The Morgan fingerprint density at radius 1 is 1.27 bits per heavy atom. The van der Waals surface area contributed by atoms with Gasteiger partial charge in [-0.15, -0.1) is 0 Å². The number of ether oxygens (including phenoxy) is 1. The molecular formula is C26H35ClN6O3S. The number of esters is 1. The van der Waals surface area contributed by atoms with Crippen LogP contribution in [0.5, 0.6) is 0 Å². The average Bonchev–Trinajstić information content (AvgIpc) is 3.48. The molecule has 0 bridgehead atoms. The summed E-state index contributed by atoms with van der Waals surface area (Å²) >= 11 is 7.65. The fourth-order valence-electron chi connectivity index (χ4n) is 4.47. The summed E-state index contributed by atoms with van der Waals surface area (Å²) in [6.45, 7) is 10.7. The second kappa shape index (κ2) is 12.2. The van der Waals surface area contributed by atoms with Gasteiger partial charge in [0.15, 0.2) is 16.1 Å². The standard InChI is InChI=1S/C26H35ClN6O3S/c1-5-17-22(27)32-23(29-17)24(34)30-18-11-13-33(14-20(18)28-12-10-15(3)4)26-31-19-9-7-8-16(21(19)37-26)25(35)36-6-2/h7-9,15,18,20,28H,5-6,10-14H2,1-4H3,(H,29,32)(H,30,34)/t18-,20+/m1/s1. The summed E-state index contributed by atoms with van der Waals surface area (Å²) in [7, 11) is 0. The van der Waals surface area contributed by atoms with Crippen LogP contribution in [-0.4, -0.2) is 65.2 Å². The number of amides is 1. The number of H-pyrrole nitrogens is 1. The number of fused-ring (bicyclic) bond motifs is 1. The molecule has 37 heavy (non-hydrogen) atoms. The van der Waals surface area contributed by atoms with Crippen molar-refractivity contribution in [2.24, 2.45) is 5.92 Å². The van der Waals surface area contributed by atoms with E-state index in [-0.39, 0.29) is 29.8 Å². The number of rotatable bonds is 10. The van der Waals surface area contributed by atoms with Crippen LogP contribution >= 0.6 is 22.9 Å². The number of carbonyl (C=O) groups is 2. The fourth-order valence-corrected chi connectivity index (χ4v) is 5.84. The molecule has 1 saturated heterocycles. The van der Waals surface area contributed by atoms with E-state index < -0.39 is 0 Å². The van der Waals surface area contributed by atoms with Crippen molar-refractivity contribution in [3.05, 3.63) is 40.4 Å². The number of hydrogen-bond donors (Lipinski definition) is 3. The summed E-state index contributed by atoms with van der Waals surface area (Å²) in [5, 5.41) is 8.02. The number of halogens is 1. The molecule has 3 aromatic rings. The Hall–Kier alpha value is -2.69. The molecule has 4 rings (SSSR count). The molecule has 0 aliphatic carbocycles. The number of nitrogens with one attached hydrogen (secondary N) is 3. The number of nitrogens with zero attached hydrogens (tertiary/aromatic N) is 3. The summed E-state index contributed by atoms with van der Waals surface area (Å²) in [6.07, 6.45) is 2.45. The van der Waals surface area contributed by atoms with Crippen LogP contribution in [0.2, 0.25) is 5.15 Å². The van der Waals surface area contributed by atoms with Crippen molar-refractivity contribution in [2.75, 3.05) is 31.1 Å². The van der Waals surface area contributed by atoms with E-state index in [2.05, 4.69) is 39.3 Å². The number of piperidine rings is 1. The average molecular weight is 547 g/mol. The van der Waals surface area contributed by atoms with E-state index in [1.54, 1.807) is 13.0 Å². The van der Waals surface area contributed by atoms with Gasteiger partial charge in [0.05, 0.1) is 28.1 Å². The molecule has 3 N–H and O–H groups in total. The molecule has 1 amide bonds. The van der Waals surface area contributed by atoms with Crippen LogP contribution in [0.3, 0.4) is 0 Å². The minimum atomic E-state index is -0.331. The Bertz CT molecular complexity index is 1240. The number of aromatic nitrogens is 3. The molecule has 1 fully saturated rings. The molecule has 2 atom stereocenters. The summed E-state index contributed by atoms with van der Waals surface area (Å²) in [6, 6.07) is 5.48. The topological polar surface area (TPSA) is 112 Å². The third-order valence-electron chi connectivity index (χ3n) is 6.52. The molecule has 1 aliphatic heterocycles. The molecule has 1 aromatic carbocycles. The molecule has 11 heteroatoms. The highest BCUT2D eigenvalue weighted by Gasteiger charge is 2.32.